The number of nitrogens with zero attached hydrogens (tertiary/aromatic N) is 2. The fraction of sp³-hybridized carbons (Fsp3) is 0. The zero-order valence-electron chi connectivity index (χ0n) is 14.1. The molecule has 5 heteroatoms. The molecule has 132 valence electrons. The molecule has 0 saturated heterocycles. The second-order valence-corrected chi connectivity index (χ2v) is 6.88. The number of aromatic nitrogens is 2. The highest BCUT2D eigenvalue weighted by Gasteiger charge is 2.11. The number of hydrogen-bond donors (Lipinski definition) is 0. The molecule has 1 aromatic heterocycles. The zero-order chi connectivity index (χ0) is 18.8. The molecule has 3 nitrogen and oxygen atoms in total. The predicted octanol–water partition coefficient (Wildman–Crippen LogP) is 5.46. The van der Waals surface area contributed by atoms with Crippen molar-refractivity contribution in [2.24, 2.45) is 0 Å². The van der Waals surface area contributed by atoms with Gasteiger partial charge in [0.2, 0.25) is 0 Å². The summed E-state index contributed by atoms with van der Waals surface area (Å²) in [7, 11) is 0. The van der Waals surface area contributed by atoms with Crippen LogP contribution < -0.4 is 5.56 Å². The van der Waals surface area contributed by atoms with Crippen molar-refractivity contribution < 1.29 is 4.39 Å². The van der Waals surface area contributed by atoms with Gasteiger partial charge in [-0.05, 0) is 48.6 Å². The van der Waals surface area contributed by atoms with E-state index >= 15 is 0 Å². The number of hydrogen-bond acceptors (Lipinski definition) is 2. The molecule has 0 atom stereocenters. The highest BCUT2D eigenvalue weighted by Crippen LogP contribution is 2.19. The van der Waals surface area contributed by atoms with Gasteiger partial charge in [0.15, 0.2) is 0 Å². The average Bonchev–Trinajstić information content (AvgIpc) is 2.68. The molecule has 0 amide bonds. The molecule has 0 unspecified atom stereocenters. The fourth-order valence-electron chi connectivity index (χ4n) is 2.89. The molecule has 4 rings (SSSR count). The number of benzene rings is 3. The van der Waals surface area contributed by atoms with Crippen LogP contribution in [0.4, 0.5) is 4.39 Å². The van der Waals surface area contributed by atoms with E-state index in [1.807, 2.05) is 42.5 Å². The highest BCUT2D eigenvalue weighted by atomic mass is 79.9. The van der Waals surface area contributed by atoms with Crippen molar-refractivity contribution in [3.63, 3.8) is 0 Å². The minimum Gasteiger partial charge on any atom is -0.268 e. The lowest BCUT2D eigenvalue weighted by atomic mass is 10.2. The molecular formula is C22H14BrFN2O. The molecule has 4 aromatic rings. The maximum Gasteiger partial charge on any atom is 0.266 e. The quantitative estimate of drug-likeness (QED) is 0.441. The van der Waals surface area contributed by atoms with E-state index in [0.717, 1.165) is 0 Å². The Hall–Kier alpha value is -3.05. The summed E-state index contributed by atoms with van der Waals surface area (Å²) in [6.45, 7) is 0. The van der Waals surface area contributed by atoms with Crippen LogP contribution in [0.2, 0.25) is 0 Å². The molecule has 0 spiro atoms. The van der Waals surface area contributed by atoms with Gasteiger partial charge < -0.3 is 0 Å². The predicted molar refractivity (Wildman–Crippen MR) is 110 cm³/mol. The number of fused-ring (bicyclic) bond motifs is 1. The van der Waals surface area contributed by atoms with Gasteiger partial charge in [-0.3, -0.25) is 9.36 Å². The molecule has 0 aliphatic rings. The molecule has 0 N–H and O–H groups in total. The van der Waals surface area contributed by atoms with E-state index in [1.54, 1.807) is 36.4 Å². The first kappa shape index (κ1) is 17.4. The number of para-hydroxylation sites is 2. The van der Waals surface area contributed by atoms with Crippen LogP contribution in [-0.2, 0) is 0 Å². The van der Waals surface area contributed by atoms with Crippen molar-refractivity contribution in [1.29, 1.82) is 0 Å². The zero-order valence-corrected chi connectivity index (χ0v) is 15.7. The van der Waals surface area contributed by atoms with E-state index < -0.39 is 0 Å². The summed E-state index contributed by atoms with van der Waals surface area (Å²) in [5.41, 5.74) is 1.56. The number of halogens is 2. The molecule has 0 bridgehead atoms. The minimum atomic E-state index is -0.352. The summed E-state index contributed by atoms with van der Waals surface area (Å²) in [6.07, 6.45) is 3.28. The standard InChI is InChI=1S/C22H14BrFN2O/c23-16-12-10-15(19(24)14-16)11-13-21-25-20-9-5-4-8-18(20)22(27)26(21)17-6-2-1-3-7-17/h1-14H/b13-11+. The van der Waals surface area contributed by atoms with Crippen molar-refractivity contribution in [3.8, 4) is 5.69 Å². The van der Waals surface area contributed by atoms with E-state index in [1.165, 1.54) is 10.6 Å². The lowest BCUT2D eigenvalue weighted by Crippen LogP contribution is -2.22. The summed E-state index contributed by atoms with van der Waals surface area (Å²) in [4.78, 5) is 17.7. The first-order chi connectivity index (χ1) is 13.1. The second kappa shape index (κ2) is 7.29. The Balaban J connectivity index is 1.93. The maximum atomic E-state index is 14.1. The van der Waals surface area contributed by atoms with Crippen LogP contribution in [0.15, 0.2) is 82.1 Å². The third-order valence-corrected chi connectivity index (χ3v) is 4.68. The van der Waals surface area contributed by atoms with E-state index in [0.29, 0.717) is 32.5 Å². The van der Waals surface area contributed by atoms with Gasteiger partial charge in [-0.2, -0.15) is 0 Å². The molecule has 3 aromatic carbocycles. The Labute approximate surface area is 163 Å². The van der Waals surface area contributed by atoms with Gasteiger partial charge in [-0.1, -0.05) is 52.3 Å². The topological polar surface area (TPSA) is 34.9 Å². The summed E-state index contributed by atoms with van der Waals surface area (Å²) < 4.78 is 16.3. The molecule has 0 aliphatic heterocycles. The Morgan fingerprint density at radius 1 is 0.926 bits per heavy atom. The Kier molecular flexibility index (Phi) is 4.69. The first-order valence-electron chi connectivity index (χ1n) is 8.34. The Morgan fingerprint density at radius 3 is 2.44 bits per heavy atom. The third-order valence-electron chi connectivity index (χ3n) is 4.19. The summed E-state index contributed by atoms with van der Waals surface area (Å²) in [5.74, 6) is 0.0854. The maximum absolute atomic E-state index is 14.1. The van der Waals surface area contributed by atoms with Crippen molar-refractivity contribution in [2.75, 3.05) is 0 Å². The van der Waals surface area contributed by atoms with Crippen molar-refractivity contribution >= 4 is 39.0 Å². The van der Waals surface area contributed by atoms with Crippen LogP contribution in [0.25, 0.3) is 28.7 Å². The van der Waals surface area contributed by atoms with E-state index in [-0.39, 0.29) is 11.4 Å². The second-order valence-electron chi connectivity index (χ2n) is 5.96. The van der Waals surface area contributed by atoms with Gasteiger partial charge in [-0.15, -0.1) is 0 Å². The lowest BCUT2D eigenvalue weighted by Gasteiger charge is -2.11. The van der Waals surface area contributed by atoms with Crippen molar-refractivity contribution in [3.05, 3.63) is 105 Å². The average molecular weight is 421 g/mol. The van der Waals surface area contributed by atoms with Crippen LogP contribution in [0.3, 0.4) is 0 Å². The molecule has 27 heavy (non-hydrogen) atoms. The van der Waals surface area contributed by atoms with Crippen LogP contribution in [0, 0.1) is 5.82 Å². The largest absolute Gasteiger partial charge is 0.268 e. The Morgan fingerprint density at radius 2 is 1.67 bits per heavy atom. The Bertz CT molecular complexity index is 1220. The van der Waals surface area contributed by atoms with Gasteiger partial charge >= 0.3 is 0 Å². The first-order valence-corrected chi connectivity index (χ1v) is 9.13. The van der Waals surface area contributed by atoms with Gasteiger partial charge in [0, 0.05) is 10.0 Å². The fourth-order valence-corrected chi connectivity index (χ4v) is 3.22. The van der Waals surface area contributed by atoms with Crippen molar-refractivity contribution in [1.82, 2.24) is 9.55 Å². The molecular weight excluding hydrogens is 407 g/mol. The van der Waals surface area contributed by atoms with Gasteiger partial charge in [0.1, 0.15) is 11.6 Å². The third kappa shape index (κ3) is 3.46. The molecule has 0 aliphatic carbocycles. The normalized spacial score (nSPS) is 11.3. The van der Waals surface area contributed by atoms with Gasteiger partial charge in [0.25, 0.3) is 5.56 Å². The smallest absolute Gasteiger partial charge is 0.266 e. The molecule has 0 fully saturated rings. The van der Waals surface area contributed by atoms with E-state index in [9.17, 15) is 9.18 Å². The summed E-state index contributed by atoms with van der Waals surface area (Å²) >= 11 is 3.25. The van der Waals surface area contributed by atoms with Crippen LogP contribution >= 0.6 is 15.9 Å². The van der Waals surface area contributed by atoms with Gasteiger partial charge in [-0.25, -0.2) is 9.37 Å². The van der Waals surface area contributed by atoms with E-state index in [2.05, 4.69) is 20.9 Å². The minimum absolute atomic E-state index is 0.164. The monoisotopic (exact) mass is 420 g/mol. The summed E-state index contributed by atoms with van der Waals surface area (Å²) in [6, 6.07) is 21.3. The van der Waals surface area contributed by atoms with Crippen molar-refractivity contribution in [2.45, 2.75) is 0 Å². The number of rotatable bonds is 3. The van der Waals surface area contributed by atoms with Crippen LogP contribution in [-0.4, -0.2) is 9.55 Å². The van der Waals surface area contributed by atoms with Crippen LogP contribution in [0.5, 0.6) is 0 Å². The molecule has 0 saturated carbocycles. The lowest BCUT2D eigenvalue weighted by molar-refractivity contribution is 0.624. The SMILES string of the molecule is O=c1c2ccccc2nc(/C=C/c2ccc(Br)cc2F)n1-c1ccccc1. The summed E-state index contributed by atoms with van der Waals surface area (Å²) in [5, 5.41) is 0.535. The molecule has 0 radical (unpaired) electrons. The van der Waals surface area contributed by atoms with Gasteiger partial charge in [0.05, 0.1) is 16.6 Å². The van der Waals surface area contributed by atoms with E-state index in [4.69, 9.17) is 0 Å². The van der Waals surface area contributed by atoms with Crippen LogP contribution in [0.1, 0.15) is 11.4 Å². The highest BCUT2D eigenvalue weighted by molar-refractivity contribution is 9.10. The molecule has 1 heterocycles.